The summed E-state index contributed by atoms with van der Waals surface area (Å²) in [4.78, 5) is 0.582. The maximum absolute atomic E-state index is 13.7. The van der Waals surface area contributed by atoms with E-state index in [4.69, 9.17) is 11.6 Å². The third-order valence-corrected chi connectivity index (χ3v) is 4.45. The van der Waals surface area contributed by atoms with E-state index in [1.165, 1.54) is 17.4 Å². The van der Waals surface area contributed by atoms with Crippen LogP contribution < -0.4 is 0 Å². The van der Waals surface area contributed by atoms with Crippen LogP contribution >= 0.6 is 38.9 Å². The second kappa shape index (κ2) is 5.65. The summed E-state index contributed by atoms with van der Waals surface area (Å²) in [6, 6.07) is 4.05. The van der Waals surface area contributed by atoms with Crippen LogP contribution in [0.25, 0.3) is 0 Å². The SMILES string of the molecule is OC(Cc1c(F)ccc(Br)c1F)c1cc(Cl)cs1. The third kappa shape index (κ3) is 2.91. The van der Waals surface area contributed by atoms with Crippen LogP contribution in [-0.4, -0.2) is 5.11 Å². The first-order chi connectivity index (χ1) is 8.49. The van der Waals surface area contributed by atoms with E-state index >= 15 is 0 Å². The summed E-state index contributed by atoms with van der Waals surface area (Å²) in [7, 11) is 0. The molecular formula is C12H8BrClF2OS. The minimum absolute atomic E-state index is 0.131. The van der Waals surface area contributed by atoms with Crippen LogP contribution in [0.3, 0.4) is 0 Å². The van der Waals surface area contributed by atoms with Crippen molar-refractivity contribution in [1.29, 1.82) is 0 Å². The maximum atomic E-state index is 13.7. The molecule has 1 aromatic heterocycles. The number of benzene rings is 1. The van der Waals surface area contributed by atoms with Gasteiger partial charge in [0.25, 0.3) is 0 Å². The molecule has 0 amide bonds. The highest BCUT2D eigenvalue weighted by atomic mass is 79.9. The summed E-state index contributed by atoms with van der Waals surface area (Å²) in [5.41, 5.74) is -0.138. The number of halogens is 4. The monoisotopic (exact) mass is 352 g/mol. The molecule has 0 aliphatic heterocycles. The molecule has 1 nitrogen and oxygen atoms in total. The second-order valence-corrected chi connectivity index (χ2v) is 5.94. The molecule has 1 N–H and O–H groups in total. The molecule has 0 spiro atoms. The van der Waals surface area contributed by atoms with Crippen molar-refractivity contribution in [2.24, 2.45) is 0 Å². The predicted octanol–water partition coefficient (Wildman–Crippen LogP) is 4.72. The highest BCUT2D eigenvalue weighted by Crippen LogP contribution is 2.30. The normalized spacial score (nSPS) is 12.7. The average Bonchev–Trinajstić information content (AvgIpc) is 2.76. The quantitative estimate of drug-likeness (QED) is 0.792. The summed E-state index contributed by atoms with van der Waals surface area (Å²) in [5.74, 6) is -1.35. The fraction of sp³-hybridized carbons (Fsp3) is 0.167. The van der Waals surface area contributed by atoms with E-state index in [9.17, 15) is 13.9 Å². The molecule has 2 aromatic rings. The van der Waals surface area contributed by atoms with Crippen LogP contribution in [-0.2, 0) is 6.42 Å². The van der Waals surface area contributed by atoms with Gasteiger partial charge in [0.05, 0.1) is 15.6 Å². The molecule has 1 heterocycles. The molecule has 6 heteroatoms. The van der Waals surface area contributed by atoms with Gasteiger partial charge in [-0.3, -0.25) is 0 Å². The maximum Gasteiger partial charge on any atom is 0.143 e. The van der Waals surface area contributed by atoms with Gasteiger partial charge in [-0.2, -0.15) is 0 Å². The lowest BCUT2D eigenvalue weighted by atomic mass is 10.1. The number of hydrogen-bond donors (Lipinski definition) is 1. The first kappa shape index (κ1) is 13.9. The summed E-state index contributed by atoms with van der Waals surface area (Å²) < 4.78 is 27.4. The van der Waals surface area contributed by atoms with E-state index in [-0.39, 0.29) is 16.5 Å². The third-order valence-electron chi connectivity index (χ3n) is 2.45. The molecule has 1 unspecified atom stereocenters. The van der Waals surface area contributed by atoms with Crippen molar-refractivity contribution in [3.8, 4) is 0 Å². The van der Waals surface area contributed by atoms with Gasteiger partial charge in [0.15, 0.2) is 0 Å². The minimum atomic E-state index is -0.971. The molecule has 0 radical (unpaired) electrons. The molecule has 0 aliphatic rings. The van der Waals surface area contributed by atoms with Crippen LogP contribution in [0.1, 0.15) is 16.5 Å². The van der Waals surface area contributed by atoms with Crippen LogP contribution in [0.15, 0.2) is 28.1 Å². The lowest BCUT2D eigenvalue weighted by Gasteiger charge is -2.11. The van der Waals surface area contributed by atoms with Crippen molar-refractivity contribution in [2.45, 2.75) is 12.5 Å². The lowest BCUT2D eigenvalue weighted by molar-refractivity contribution is 0.179. The highest BCUT2D eigenvalue weighted by molar-refractivity contribution is 9.10. The zero-order valence-corrected chi connectivity index (χ0v) is 12.1. The largest absolute Gasteiger partial charge is 0.387 e. The fourth-order valence-electron chi connectivity index (χ4n) is 1.55. The van der Waals surface area contributed by atoms with E-state index in [2.05, 4.69) is 15.9 Å². The number of aliphatic hydroxyl groups excluding tert-OH is 1. The van der Waals surface area contributed by atoms with E-state index in [0.29, 0.717) is 9.90 Å². The van der Waals surface area contributed by atoms with Crippen molar-refractivity contribution in [3.05, 3.63) is 55.1 Å². The van der Waals surface area contributed by atoms with Crippen molar-refractivity contribution in [3.63, 3.8) is 0 Å². The van der Waals surface area contributed by atoms with Crippen LogP contribution in [0.5, 0.6) is 0 Å². The average molecular weight is 354 g/mol. The molecule has 96 valence electrons. The standard InChI is InChI=1S/C12H8BrClF2OS/c13-8-1-2-9(15)7(12(8)16)4-10(17)11-3-6(14)5-18-11/h1-3,5,10,17H,4H2. The Morgan fingerprint density at radius 3 is 2.72 bits per heavy atom. The molecule has 0 saturated carbocycles. The Hall–Kier alpha value is -0.490. The smallest absolute Gasteiger partial charge is 0.143 e. The Morgan fingerprint density at radius 2 is 2.11 bits per heavy atom. The first-order valence-electron chi connectivity index (χ1n) is 5.03. The van der Waals surface area contributed by atoms with Gasteiger partial charge in [0, 0.05) is 22.2 Å². The predicted molar refractivity (Wildman–Crippen MR) is 72.1 cm³/mol. The fourth-order valence-corrected chi connectivity index (χ4v) is 2.99. The number of hydrogen-bond acceptors (Lipinski definition) is 2. The number of aliphatic hydroxyl groups is 1. The molecule has 0 bridgehead atoms. The van der Waals surface area contributed by atoms with E-state index < -0.39 is 17.7 Å². The van der Waals surface area contributed by atoms with Crippen LogP contribution in [0.4, 0.5) is 8.78 Å². The van der Waals surface area contributed by atoms with E-state index in [1.807, 2.05) is 0 Å². The molecular weight excluding hydrogens is 346 g/mol. The second-order valence-electron chi connectivity index (χ2n) is 3.71. The molecule has 0 aliphatic carbocycles. The van der Waals surface area contributed by atoms with Gasteiger partial charge < -0.3 is 5.11 Å². The first-order valence-corrected chi connectivity index (χ1v) is 7.08. The van der Waals surface area contributed by atoms with Gasteiger partial charge in [-0.25, -0.2) is 8.78 Å². The highest BCUT2D eigenvalue weighted by Gasteiger charge is 2.18. The molecule has 2 rings (SSSR count). The Bertz CT molecular complexity index is 573. The van der Waals surface area contributed by atoms with Gasteiger partial charge in [-0.05, 0) is 34.1 Å². The molecule has 18 heavy (non-hydrogen) atoms. The van der Waals surface area contributed by atoms with Crippen molar-refractivity contribution in [2.75, 3.05) is 0 Å². The summed E-state index contributed by atoms with van der Waals surface area (Å²) in [5, 5.41) is 12.1. The van der Waals surface area contributed by atoms with Crippen molar-refractivity contribution in [1.82, 2.24) is 0 Å². The zero-order valence-electron chi connectivity index (χ0n) is 8.96. The van der Waals surface area contributed by atoms with Crippen molar-refractivity contribution < 1.29 is 13.9 Å². The lowest BCUT2D eigenvalue weighted by Crippen LogP contribution is -2.05. The van der Waals surface area contributed by atoms with Gasteiger partial charge >= 0.3 is 0 Å². The van der Waals surface area contributed by atoms with Crippen molar-refractivity contribution >= 4 is 38.9 Å². The summed E-state index contributed by atoms with van der Waals surface area (Å²) in [6.45, 7) is 0. The number of rotatable bonds is 3. The Balaban J connectivity index is 2.27. The van der Waals surface area contributed by atoms with Crippen LogP contribution in [0.2, 0.25) is 5.02 Å². The molecule has 0 saturated heterocycles. The zero-order chi connectivity index (χ0) is 13.3. The molecule has 1 aromatic carbocycles. The Kier molecular flexibility index (Phi) is 4.37. The number of thiophene rings is 1. The molecule has 0 fully saturated rings. The summed E-state index contributed by atoms with van der Waals surface area (Å²) >= 11 is 9.98. The minimum Gasteiger partial charge on any atom is -0.387 e. The van der Waals surface area contributed by atoms with E-state index in [0.717, 1.165) is 6.07 Å². The Morgan fingerprint density at radius 1 is 1.39 bits per heavy atom. The van der Waals surface area contributed by atoms with Gasteiger partial charge in [0.1, 0.15) is 11.6 Å². The van der Waals surface area contributed by atoms with Gasteiger partial charge in [-0.15, -0.1) is 11.3 Å². The topological polar surface area (TPSA) is 20.2 Å². The van der Waals surface area contributed by atoms with Crippen LogP contribution in [0, 0.1) is 11.6 Å². The van der Waals surface area contributed by atoms with Gasteiger partial charge in [0.2, 0.25) is 0 Å². The molecule has 1 atom stereocenters. The summed E-state index contributed by atoms with van der Waals surface area (Å²) in [6.07, 6.45) is -1.10. The van der Waals surface area contributed by atoms with Gasteiger partial charge in [-0.1, -0.05) is 11.6 Å². The van der Waals surface area contributed by atoms with E-state index in [1.54, 1.807) is 11.4 Å². The Labute approximate surface area is 120 Å².